The molecule has 7 nitrogen and oxygen atoms in total. The van der Waals surface area contributed by atoms with Gasteiger partial charge in [-0.1, -0.05) is 6.07 Å². The third-order valence-corrected chi connectivity index (χ3v) is 7.05. The van der Waals surface area contributed by atoms with Crippen LogP contribution in [0.15, 0.2) is 16.5 Å². The number of nitrogens with two attached hydrogens (primary N) is 2. The minimum Gasteiger partial charge on any atom is -0.383 e. The van der Waals surface area contributed by atoms with Crippen LogP contribution in [0.25, 0.3) is 0 Å². The molecule has 1 heterocycles. The predicted molar refractivity (Wildman–Crippen MR) is 107 cm³/mol. The molecule has 2 aliphatic rings. The standard InChI is InChI=1S/C12H14N2O.C6H10N2O2S2/c13-12(15)14-11-9-3-1-2-7(9)6-8-4-5-10(8)11;1-6(2,9)5-8-3-4(11-5)12(7)10/h6H,1-5H2,(H3,13,14,15);3,9H,7H2,1-2H3. The van der Waals surface area contributed by atoms with E-state index in [1.54, 1.807) is 13.8 Å². The Balaban J connectivity index is 0.000000161. The van der Waals surface area contributed by atoms with Crippen LogP contribution < -0.4 is 16.2 Å². The number of carbonyl (C=O) groups is 1. The molecule has 27 heavy (non-hydrogen) atoms. The number of nitrogens with zero attached hydrogens (tertiary/aromatic N) is 1. The number of hydrogen-bond donors (Lipinski definition) is 4. The zero-order chi connectivity index (χ0) is 19.8. The molecule has 0 saturated carbocycles. The molecule has 0 spiro atoms. The summed E-state index contributed by atoms with van der Waals surface area (Å²) in [5.41, 5.74) is 10.7. The minimum absolute atomic E-state index is 0.440. The highest BCUT2D eigenvalue weighted by atomic mass is 32.2. The van der Waals surface area contributed by atoms with Crippen molar-refractivity contribution in [3.63, 3.8) is 0 Å². The van der Waals surface area contributed by atoms with Gasteiger partial charge in [0, 0.05) is 5.69 Å². The lowest BCUT2D eigenvalue weighted by Crippen LogP contribution is -2.24. The fraction of sp³-hybridized carbons (Fsp3) is 0.444. The van der Waals surface area contributed by atoms with Gasteiger partial charge in [-0.25, -0.2) is 19.1 Å². The van der Waals surface area contributed by atoms with Crippen molar-refractivity contribution >= 4 is 34.0 Å². The van der Waals surface area contributed by atoms with Crippen LogP contribution in [0.3, 0.4) is 0 Å². The Labute approximate surface area is 164 Å². The van der Waals surface area contributed by atoms with Gasteiger partial charge in [0.15, 0.2) is 0 Å². The maximum absolute atomic E-state index is 11.0. The first-order chi connectivity index (χ1) is 12.7. The zero-order valence-corrected chi connectivity index (χ0v) is 17.0. The lowest BCUT2D eigenvalue weighted by molar-refractivity contribution is 0.0783. The molecule has 4 rings (SSSR count). The molecule has 0 aliphatic heterocycles. The van der Waals surface area contributed by atoms with Crippen LogP contribution >= 0.6 is 11.3 Å². The van der Waals surface area contributed by atoms with Crippen molar-refractivity contribution in [3.8, 4) is 0 Å². The van der Waals surface area contributed by atoms with E-state index in [1.807, 2.05) is 0 Å². The van der Waals surface area contributed by atoms with E-state index < -0.39 is 22.6 Å². The summed E-state index contributed by atoms with van der Waals surface area (Å²) in [5, 5.41) is 18.0. The lowest BCUT2D eigenvalue weighted by atomic mass is 9.83. The third-order valence-electron chi connectivity index (χ3n) is 4.70. The van der Waals surface area contributed by atoms with Crippen molar-refractivity contribution in [1.82, 2.24) is 4.98 Å². The molecule has 0 saturated heterocycles. The Bertz CT molecular complexity index is 903. The summed E-state index contributed by atoms with van der Waals surface area (Å²) in [4.78, 5) is 14.9. The minimum atomic E-state index is -1.50. The lowest BCUT2D eigenvalue weighted by Gasteiger charge is -2.25. The number of amides is 2. The monoisotopic (exact) mass is 408 g/mol. The van der Waals surface area contributed by atoms with Gasteiger partial charge in [0.1, 0.15) is 25.8 Å². The molecule has 1 unspecified atom stereocenters. The average molecular weight is 409 g/mol. The fourth-order valence-corrected chi connectivity index (χ4v) is 4.73. The molecule has 0 bridgehead atoms. The van der Waals surface area contributed by atoms with Crippen molar-refractivity contribution in [2.24, 2.45) is 10.9 Å². The van der Waals surface area contributed by atoms with Gasteiger partial charge in [-0.15, -0.1) is 11.3 Å². The second-order valence-electron chi connectivity index (χ2n) is 7.21. The molecule has 1 atom stereocenters. The summed E-state index contributed by atoms with van der Waals surface area (Å²) >= 11 is 1.16. The number of rotatable bonds is 3. The van der Waals surface area contributed by atoms with Crippen molar-refractivity contribution in [2.45, 2.75) is 55.8 Å². The van der Waals surface area contributed by atoms with Crippen molar-refractivity contribution in [2.75, 3.05) is 5.32 Å². The molecular weight excluding hydrogens is 384 g/mol. The molecule has 2 aromatic rings. The fourth-order valence-electron chi connectivity index (χ4n) is 3.35. The van der Waals surface area contributed by atoms with Crippen LogP contribution in [0.2, 0.25) is 0 Å². The number of aliphatic hydroxyl groups is 1. The van der Waals surface area contributed by atoms with Gasteiger partial charge in [-0.2, -0.15) is 0 Å². The number of hydrogen-bond acceptors (Lipinski definition) is 5. The number of fused-ring (bicyclic) bond motifs is 2. The van der Waals surface area contributed by atoms with Crippen molar-refractivity contribution < 1.29 is 14.1 Å². The molecule has 1 aromatic heterocycles. The number of primary amides is 1. The van der Waals surface area contributed by atoms with Crippen molar-refractivity contribution in [3.05, 3.63) is 39.5 Å². The van der Waals surface area contributed by atoms with E-state index in [0.29, 0.717) is 9.22 Å². The molecule has 2 amide bonds. The molecule has 2 aliphatic carbocycles. The SMILES string of the molecule is CC(C)(O)c1ncc(S(N)=O)s1.NC(=O)Nc1c2c(cc3c1CC3)CCC2. The van der Waals surface area contributed by atoms with Crippen LogP contribution in [0.1, 0.15) is 47.5 Å². The van der Waals surface area contributed by atoms with Crippen LogP contribution in [0.5, 0.6) is 0 Å². The molecule has 6 N–H and O–H groups in total. The third kappa shape index (κ3) is 4.37. The van der Waals surface area contributed by atoms with E-state index in [-0.39, 0.29) is 0 Å². The van der Waals surface area contributed by atoms with E-state index in [4.69, 9.17) is 10.9 Å². The normalized spacial score (nSPS) is 15.7. The molecule has 1 aromatic carbocycles. The van der Waals surface area contributed by atoms with E-state index in [2.05, 4.69) is 16.4 Å². The van der Waals surface area contributed by atoms with Gasteiger partial charge >= 0.3 is 6.03 Å². The van der Waals surface area contributed by atoms with Gasteiger partial charge < -0.3 is 16.2 Å². The van der Waals surface area contributed by atoms with E-state index >= 15 is 0 Å². The number of benzene rings is 1. The first-order valence-electron chi connectivity index (χ1n) is 8.74. The summed E-state index contributed by atoms with van der Waals surface area (Å²) in [5.74, 6) is 0. The number of aryl methyl sites for hydroxylation is 2. The van der Waals surface area contributed by atoms with Gasteiger partial charge in [-0.05, 0) is 68.2 Å². The second kappa shape index (κ2) is 7.67. The number of anilines is 1. The maximum atomic E-state index is 11.0. The number of nitrogens with one attached hydrogen (secondary N) is 1. The first kappa shape index (κ1) is 19.9. The van der Waals surface area contributed by atoms with Gasteiger partial charge in [0.05, 0.1) is 6.20 Å². The topological polar surface area (TPSA) is 131 Å². The summed E-state index contributed by atoms with van der Waals surface area (Å²) in [7, 11) is -1.50. The Morgan fingerprint density at radius 2 is 1.93 bits per heavy atom. The molecule has 9 heteroatoms. The van der Waals surface area contributed by atoms with Crippen LogP contribution in [0, 0.1) is 0 Å². The van der Waals surface area contributed by atoms with Crippen LogP contribution in [-0.4, -0.2) is 20.3 Å². The van der Waals surface area contributed by atoms with Crippen LogP contribution in [-0.2, 0) is 42.3 Å². The Morgan fingerprint density at radius 3 is 2.41 bits per heavy atom. The van der Waals surface area contributed by atoms with Gasteiger partial charge in [-0.3, -0.25) is 0 Å². The number of urea groups is 1. The smallest absolute Gasteiger partial charge is 0.316 e. The van der Waals surface area contributed by atoms with Crippen molar-refractivity contribution in [1.29, 1.82) is 0 Å². The van der Waals surface area contributed by atoms with Gasteiger partial charge in [0.25, 0.3) is 0 Å². The Kier molecular flexibility index (Phi) is 5.66. The van der Waals surface area contributed by atoms with E-state index in [0.717, 1.165) is 42.7 Å². The summed E-state index contributed by atoms with van der Waals surface area (Å²) in [6, 6.07) is 1.87. The molecular formula is C18H24N4O3S2. The summed E-state index contributed by atoms with van der Waals surface area (Å²) in [6.07, 6.45) is 7.09. The highest BCUT2D eigenvalue weighted by Crippen LogP contribution is 2.39. The van der Waals surface area contributed by atoms with E-state index in [1.165, 1.54) is 34.9 Å². The number of carbonyl (C=O) groups excluding carboxylic acids is 1. The quantitative estimate of drug-likeness (QED) is 0.619. The van der Waals surface area contributed by atoms with E-state index in [9.17, 15) is 14.1 Å². The average Bonchev–Trinajstić information content (AvgIpc) is 3.19. The molecule has 146 valence electrons. The Morgan fingerprint density at radius 1 is 1.26 bits per heavy atom. The zero-order valence-electron chi connectivity index (χ0n) is 15.4. The number of thiazole rings is 1. The Hall–Kier alpha value is -1.81. The molecule has 0 radical (unpaired) electrons. The maximum Gasteiger partial charge on any atom is 0.316 e. The summed E-state index contributed by atoms with van der Waals surface area (Å²) < 4.78 is 11.2. The number of aromatic nitrogens is 1. The van der Waals surface area contributed by atoms with Gasteiger partial charge in [0.2, 0.25) is 0 Å². The largest absolute Gasteiger partial charge is 0.383 e. The molecule has 0 fully saturated rings. The highest BCUT2D eigenvalue weighted by molar-refractivity contribution is 7.85. The second-order valence-corrected chi connectivity index (χ2v) is 9.53. The predicted octanol–water partition coefficient (Wildman–Crippen LogP) is 2.12. The summed E-state index contributed by atoms with van der Waals surface area (Å²) in [6.45, 7) is 3.24. The van der Waals surface area contributed by atoms with Crippen LogP contribution in [0.4, 0.5) is 10.5 Å². The first-order valence-corrected chi connectivity index (χ1v) is 10.8. The highest BCUT2D eigenvalue weighted by Gasteiger charge is 2.26.